The number of imide groups is 1. The molecule has 7 nitrogen and oxygen atoms in total. The Morgan fingerprint density at radius 1 is 1.15 bits per heavy atom. The van der Waals surface area contributed by atoms with Crippen molar-refractivity contribution in [2.24, 2.45) is 0 Å². The van der Waals surface area contributed by atoms with E-state index >= 15 is 0 Å². The Labute approximate surface area is 114 Å². The SMILES string of the molecule is O=C1NC(=O)N(CCn2ccc3ccccc32)NC1O. The van der Waals surface area contributed by atoms with Crippen LogP contribution in [0.2, 0.25) is 0 Å². The Morgan fingerprint density at radius 3 is 2.80 bits per heavy atom. The first-order valence-corrected chi connectivity index (χ1v) is 6.25. The molecule has 1 saturated heterocycles. The van der Waals surface area contributed by atoms with Gasteiger partial charge in [-0.25, -0.2) is 4.79 Å². The number of carbonyl (C=O) groups is 2. The number of hydrogen-bond acceptors (Lipinski definition) is 4. The lowest BCUT2D eigenvalue weighted by Gasteiger charge is -2.30. The number of aliphatic hydroxyl groups excluding tert-OH is 1. The van der Waals surface area contributed by atoms with E-state index in [1.54, 1.807) is 0 Å². The molecule has 0 bridgehead atoms. The van der Waals surface area contributed by atoms with E-state index < -0.39 is 18.2 Å². The van der Waals surface area contributed by atoms with Crippen molar-refractivity contribution >= 4 is 22.8 Å². The maximum atomic E-state index is 11.6. The van der Waals surface area contributed by atoms with Gasteiger partial charge in [0.2, 0.25) is 6.23 Å². The van der Waals surface area contributed by atoms with Gasteiger partial charge in [-0.05, 0) is 17.5 Å². The number of nitrogens with zero attached hydrogens (tertiary/aromatic N) is 2. The van der Waals surface area contributed by atoms with Crippen LogP contribution in [0.4, 0.5) is 4.79 Å². The molecule has 1 unspecified atom stereocenters. The molecule has 20 heavy (non-hydrogen) atoms. The van der Waals surface area contributed by atoms with Gasteiger partial charge in [0.1, 0.15) is 0 Å². The molecule has 1 aliphatic rings. The molecule has 0 aliphatic carbocycles. The normalized spacial score (nSPS) is 19.4. The Balaban J connectivity index is 1.70. The smallest absolute Gasteiger partial charge is 0.338 e. The molecule has 7 heteroatoms. The minimum absolute atomic E-state index is 0.328. The molecule has 1 aliphatic heterocycles. The van der Waals surface area contributed by atoms with Gasteiger partial charge in [0.15, 0.2) is 0 Å². The number of hydrogen-bond donors (Lipinski definition) is 3. The molecule has 1 aromatic heterocycles. The maximum absolute atomic E-state index is 11.6. The molecule has 1 fully saturated rings. The van der Waals surface area contributed by atoms with Crippen molar-refractivity contribution in [3.05, 3.63) is 36.5 Å². The summed E-state index contributed by atoms with van der Waals surface area (Å²) in [6.45, 7) is 0.879. The molecule has 104 valence electrons. The number of rotatable bonds is 3. The van der Waals surface area contributed by atoms with Gasteiger partial charge in [-0.1, -0.05) is 18.2 Å². The zero-order valence-corrected chi connectivity index (χ0v) is 10.6. The summed E-state index contributed by atoms with van der Waals surface area (Å²) in [5.41, 5.74) is 3.51. The Morgan fingerprint density at radius 2 is 1.95 bits per heavy atom. The van der Waals surface area contributed by atoms with E-state index in [1.807, 2.05) is 41.1 Å². The van der Waals surface area contributed by atoms with Crippen LogP contribution in [0.3, 0.4) is 0 Å². The van der Waals surface area contributed by atoms with Crippen molar-refractivity contribution in [2.75, 3.05) is 6.54 Å². The molecule has 2 heterocycles. The highest BCUT2D eigenvalue weighted by atomic mass is 16.3. The highest BCUT2D eigenvalue weighted by molar-refractivity contribution is 5.98. The van der Waals surface area contributed by atoms with Crippen molar-refractivity contribution < 1.29 is 14.7 Å². The number of benzene rings is 1. The zero-order chi connectivity index (χ0) is 14.1. The first-order valence-electron chi connectivity index (χ1n) is 6.25. The highest BCUT2D eigenvalue weighted by Crippen LogP contribution is 2.14. The predicted octanol–water partition coefficient (Wildman–Crippen LogP) is 0.0161. The van der Waals surface area contributed by atoms with Gasteiger partial charge in [-0.15, -0.1) is 0 Å². The van der Waals surface area contributed by atoms with Crippen LogP contribution in [0.15, 0.2) is 36.5 Å². The quantitative estimate of drug-likeness (QED) is 0.736. The number of nitrogens with one attached hydrogen (secondary N) is 2. The number of hydrazine groups is 1. The summed E-state index contributed by atoms with van der Waals surface area (Å²) in [5.74, 6) is -0.738. The van der Waals surface area contributed by atoms with Gasteiger partial charge in [-0.3, -0.25) is 15.1 Å². The molecule has 3 amide bonds. The first-order chi connectivity index (χ1) is 9.65. The van der Waals surface area contributed by atoms with Crippen molar-refractivity contribution in [1.29, 1.82) is 0 Å². The number of aromatic nitrogens is 1. The van der Waals surface area contributed by atoms with Crippen LogP contribution in [-0.2, 0) is 11.3 Å². The summed E-state index contributed by atoms with van der Waals surface area (Å²) < 4.78 is 2.01. The fourth-order valence-electron chi connectivity index (χ4n) is 2.22. The third kappa shape index (κ3) is 2.24. The lowest BCUT2D eigenvalue weighted by molar-refractivity contribution is -0.135. The third-order valence-corrected chi connectivity index (χ3v) is 3.25. The Hall–Kier alpha value is -2.38. The summed E-state index contributed by atoms with van der Waals surface area (Å²) in [6, 6.07) is 9.37. The van der Waals surface area contributed by atoms with Crippen LogP contribution in [0.5, 0.6) is 0 Å². The van der Waals surface area contributed by atoms with Gasteiger partial charge < -0.3 is 9.67 Å². The van der Waals surface area contributed by atoms with Gasteiger partial charge in [0.05, 0.1) is 6.54 Å². The Kier molecular flexibility index (Phi) is 3.13. The largest absolute Gasteiger partial charge is 0.369 e. The molecule has 0 saturated carbocycles. The molecule has 0 radical (unpaired) electrons. The maximum Gasteiger partial charge on any atom is 0.338 e. The number of fused-ring (bicyclic) bond motifs is 1. The van der Waals surface area contributed by atoms with Crippen LogP contribution >= 0.6 is 0 Å². The van der Waals surface area contributed by atoms with Gasteiger partial charge in [-0.2, -0.15) is 5.43 Å². The predicted molar refractivity (Wildman–Crippen MR) is 71.3 cm³/mol. The Bertz CT molecular complexity index is 666. The molecular formula is C13H14N4O3. The summed E-state index contributed by atoms with van der Waals surface area (Å²) >= 11 is 0. The number of amides is 3. The second-order valence-electron chi connectivity index (χ2n) is 4.55. The fourth-order valence-corrected chi connectivity index (χ4v) is 2.22. The lowest BCUT2D eigenvalue weighted by Crippen LogP contribution is -2.64. The lowest BCUT2D eigenvalue weighted by atomic mass is 10.2. The van der Waals surface area contributed by atoms with Crippen LogP contribution in [-0.4, -0.2) is 39.4 Å². The van der Waals surface area contributed by atoms with E-state index in [1.165, 1.54) is 5.01 Å². The minimum atomic E-state index is -1.39. The second-order valence-corrected chi connectivity index (χ2v) is 4.55. The molecular weight excluding hydrogens is 260 g/mol. The first kappa shape index (κ1) is 12.6. The van der Waals surface area contributed by atoms with Crippen molar-refractivity contribution in [3.63, 3.8) is 0 Å². The topological polar surface area (TPSA) is 86.6 Å². The van der Waals surface area contributed by atoms with E-state index in [4.69, 9.17) is 0 Å². The molecule has 3 N–H and O–H groups in total. The van der Waals surface area contributed by atoms with Crippen LogP contribution in [0.25, 0.3) is 10.9 Å². The molecule has 0 spiro atoms. The number of carbonyl (C=O) groups excluding carboxylic acids is 2. The van der Waals surface area contributed by atoms with Crippen LogP contribution in [0.1, 0.15) is 0 Å². The monoisotopic (exact) mass is 274 g/mol. The second kappa shape index (κ2) is 4.95. The minimum Gasteiger partial charge on any atom is -0.369 e. The highest BCUT2D eigenvalue weighted by Gasteiger charge is 2.29. The summed E-state index contributed by atoms with van der Waals surface area (Å²) in [5, 5.41) is 13.8. The molecule has 1 atom stereocenters. The fraction of sp³-hybridized carbons (Fsp3) is 0.231. The molecule has 2 aromatic rings. The molecule has 3 rings (SSSR count). The standard InChI is InChI=1S/C13H14N4O3/c18-11-12(19)15-17(13(20)14-11)8-7-16-6-5-9-3-1-2-4-10(9)16/h1-6,12,15,19H,7-8H2,(H,14,18,20). The van der Waals surface area contributed by atoms with E-state index in [0.29, 0.717) is 13.1 Å². The van der Waals surface area contributed by atoms with Crippen molar-refractivity contribution in [3.8, 4) is 0 Å². The van der Waals surface area contributed by atoms with Crippen molar-refractivity contribution in [1.82, 2.24) is 20.3 Å². The average molecular weight is 274 g/mol. The van der Waals surface area contributed by atoms with Crippen LogP contribution in [0, 0.1) is 0 Å². The average Bonchev–Trinajstić information content (AvgIpc) is 2.85. The van der Waals surface area contributed by atoms with E-state index in [0.717, 1.165) is 10.9 Å². The third-order valence-electron chi connectivity index (χ3n) is 3.25. The van der Waals surface area contributed by atoms with E-state index in [9.17, 15) is 14.7 Å². The number of para-hydroxylation sites is 1. The zero-order valence-electron chi connectivity index (χ0n) is 10.6. The number of aliphatic hydroxyl groups is 1. The van der Waals surface area contributed by atoms with Gasteiger partial charge in [0.25, 0.3) is 5.91 Å². The van der Waals surface area contributed by atoms with E-state index in [-0.39, 0.29) is 0 Å². The summed E-state index contributed by atoms with van der Waals surface area (Å²) in [6.07, 6.45) is 0.544. The molecule has 1 aromatic carbocycles. The van der Waals surface area contributed by atoms with Crippen molar-refractivity contribution in [2.45, 2.75) is 12.8 Å². The van der Waals surface area contributed by atoms with E-state index in [2.05, 4.69) is 10.7 Å². The van der Waals surface area contributed by atoms with Crippen LogP contribution < -0.4 is 10.7 Å². The van der Waals surface area contributed by atoms with Gasteiger partial charge >= 0.3 is 6.03 Å². The summed E-state index contributed by atoms with van der Waals surface area (Å²) in [7, 11) is 0. The van der Waals surface area contributed by atoms with Gasteiger partial charge in [0, 0.05) is 18.3 Å². The number of urea groups is 1. The summed E-state index contributed by atoms with van der Waals surface area (Å²) in [4.78, 5) is 22.7.